The van der Waals surface area contributed by atoms with Crippen molar-refractivity contribution in [2.45, 2.75) is 25.6 Å². The minimum absolute atomic E-state index is 0.196. The second-order valence-electron chi connectivity index (χ2n) is 7.15. The summed E-state index contributed by atoms with van der Waals surface area (Å²) in [6.45, 7) is 2.24. The van der Waals surface area contributed by atoms with Gasteiger partial charge in [0.15, 0.2) is 0 Å². The molecule has 2 amide bonds. The number of amides is 2. The van der Waals surface area contributed by atoms with Crippen molar-refractivity contribution >= 4 is 39.4 Å². The van der Waals surface area contributed by atoms with Crippen molar-refractivity contribution in [1.29, 1.82) is 0 Å². The Bertz CT molecular complexity index is 876. The van der Waals surface area contributed by atoms with Gasteiger partial charge in [0.1, 0.15) is 6.10 Å². The van der Waals surface area contributed by atoms with Crippen LogP contribution in [0.4, 0.5) is 5.69 Å². The molecule has 0 radical (unpaired) electrons. The van der Waals surface area contributed by atoms with E-state index >= 15 is 0 Å². The van der Waals surface area contributed by atoms with E-state index in [1.807, 2.05) is 6.92 Å². The van der Waals surface area contributed by atoms with Crippen molar-refractivity contribution in [3.8, 4) is 0 Å². The minimum Gasteiger partial charge on any atom is -0.462 e. The summed E-state index contributed by atoms with van der Waals surface area (Å²) in [7, 11) is 0. The second-order valence-corrected chi connectivity index (χ2v) is 8.07. The van der Waals surface area contributed by atoms with E-state index in [9.17, 15) is 14.4 Å². The first-order valence-corrected chi connectivity index (χ1v) is 9.47. The van der Waals surface area contributed by atoms with Gasteiger partial charge < -0.3 is 9.47 Å². The summed E-state index contributed by atoms with van der Waals surface area (Å²) < 4.78 is 12.0. The van der Waals surface area contributed by atoms with Gasteiger partial charge in [-0.3, -0.25) is 9.59 Å². The SMILES string of the molecule is C[C@@H]1O[C@H]2C3=C(CCOC3=O)[C@@H]1[C@@H]1C(=O)N(c3ccc(Br)cc3)C(=O)[C@@H]12. The molecule has 1 aromatic rings. The number of cyclic esters (lactones) is 1. The van der Waals surface area contributed by atoms with Crippen LogP contribution < -0.4 is 4.90 Å². The topological polar surface area (TPSA) is 72.9 Å². The van der Waals surface area contributed by atoms with Gasteiger partial charge in [0, 0.05) is 16.8 Å². The molecule has 0 saturated carbocycles. The highest BCUT2D eigenvalue weighted by Crippen LogP contribution is 2.54. The van der Waals surface area contributed by atoms with Crippen LogP contribution in [-0.4, -0.2) is 36.6 Å². The highest BCUT2D eigenvalue weighted by Gasteiger charge is 2.65. The third-order valence-electron chi connectivity index (χ3n) is 5.92. The number of anilines is 1. The second kappa shape index (κ2) is 5.50. The van der Waals surface area contributed by atoms with Crippen molar-refractivity contribution in [3.05, 3.63) is 39.9 Å². The van der Waals surface area contributed by atoms with E-state index in [-0.39, 0.29) is 23.8 Å². The van der Waals surface area contributed by atoms with Crippen molar-refractivity contribution in [1.82, 2.24) is 0 Å². The molecular weight excluding hydrogens is 402 g/mol. The molecule has 0 unspecified atom stereocenters. The van der Waals surface area contributed by atoms with E-state index in [4.69, 9.17) is 9.47 Å². The maximum absolute atomic E-state index is 13.2. The molecule has 2 bridgehead atoms. The molecule has 5 aliphatic rings. The first-order chi connectivity index (χ1) is 12.5. The molecule has 26 heavy (non-hydrogen) atoms. The summed E-state index contributed by atoms with van der Waals surface area (Å²) in [6, 6.07) is 7.08. The number of hydrogen-bond donors (Lipinski definition) is 0. The zero-order chi connectivity index (χ0) is 18.2. The molecule has 0 aromatic heterocycles. The van der Waals surface area contributed by atoms with Gasteiger partial charge in [0.05, 0.1) is 35.8 Å². The lowest BCUT2D eigenvalue weighted by molar-refractivity contribution is -0.164. The Morgan fingerprint density at radius 1 is 1.04 bits per heavy atom. The number of rotatable bonds is 1. The number of imide groups is 1. The number of carbonyl (C=O) groups is 3. The minimum atomic E-state index is -0.695. The standard InChI is InChI=1S/C19H16BrNO5/c1-8-12-11-6-7-25-19(24)13(11)16(26-8)15-14(12)17(22)21(18(15)23)10-4-2-9(20)3-5-10/h2-5,8,12,14-16H,6-7H2,1H3/t8-,12+,14-,15-,16-/m0/s1. The zero-order valence-corrected chi connectivity index (χ0v) is 15.6. The van der Waals surface area contributed by atoms with Crippen molar-refractivity contribution in [2.75, 3.05) is 11.5 Å². The Hall–Kier alpha value is -1.99. The number of fused-ring (bicyclic) bond motifs is 1. The van der Waals surface area contributed by atoms with Crippen LogP contribution in [0.15, 0.2) is 39.9 Å². The number of ether oxygens (including phenoxy) is 2. The zero-order valence-electron chi connectivity index (χ0n) is 14.0. The molecule has 2 fully saturated rings. The van der Waals surface area contributed by atoms with Crippen molar-refractivity contribution < 1.29 is 23.9 Å². The number of esters is 1. The average molecular weight is 418 g/mol. The van der Waals surface area contributed by atoms with E-state index in [2.05, 4.69) is 15.9 Å². The van der Waals surface area contributed by atoms with E-state index in [0.717, 1.165) is 10.0 Å². The predicted octanol–water partition coefficient (Wildman–Crippen LogP) is 2.22. The maximum atomic E-state index is 13.2. The molecule has 0 spiro atoms. The Balaban J connectivity index is 1.61. The smallest absolute Gasteiger partial charge is 0.336 e. The molecule has 5 atom stereocenters. The fourth-order valence-corrected chi connectivity index (χ4v) is 5.20. The molecule has 4 heterocycles. The van der Waals surface area contributed by atoms with Crippen molar-refractivity contribution in [3.63, 3.8) is 0 Å². The van der Waals surface area contributed by atoms with Crippen LogP contribution in [-0.2, 0) is 23.9 Å². The summed E-state index contributed by atoms with van der Waals surface area (Å²) in [5.41, 5.74) is 1.97. The summed E-state index contributed by atoms with van der Waals surface area (Å²) in [6.07, 6.45) is -0.286. The van der Waals surface area contributed by atoms with E-state index in [1.165, 1.54) is 4.90 Å². The molecule has 1 aromatic carbocycles. The van der Waals surface area contributed by atoms with Crippen LogP contribution in [0, 0.1) is 17.8 Å². The highest BCUT2D eigenvalue weighted by molar-refractivity contribution is 9.10. The van der Waals surface area contributed by atoms with Gasteiger partial charge in [-0.2, -0.15) is 0 Å². The molecule has 1 aliphatic carbocycles. The molecule has 7 heteroatoms. The Labute approximate surface area is 158 Å². The quantitative estimate of drug-likeness (QED) is 0.517. The monoisotopic (exact) mass is 417 g/mol. The fraction of sp³-hybridized carbons (Fsp3) is 0.421. The summed E-state index contributed by atoms with van der Waals surface area (Å²) >= 11 is 3.36. The first kappa shape index (κ1) is 16.2. The predicted molar refractivity (Wildman–Crippen MR) is 94.0 cm³/mol. The normalized spacial score (nSPS) is 35.5. The molecule has 2 saturated heterocycles. The number of benzene rings is 1. The number of hydrogen-bond acceptors (Lipinski definition) is 5. The number of nitrogens with zero attached hydrogens (tertiary/aromatic N) is 1. The summed E-state index contributed by atoms with van der Waals surface area (Å²) in [5, 5.41) is 0. The maximum Gasteiger partial charge on any atom is 0.336 e. The van der Waals surface area contributed by atoms with E-state index < -0.39 is 23.9 Å². The Kier molecular flexibility index (Phi) is 3.43. The van der Waals surface area contributed by atoms with Crippen LogP contribution in [0.25, 0.3) is 0 Å². The fourth-order valence-electron chi connectivity index (χ4n) is 4.94. The van der Waals surface area contributed by atoms with Gasteiger partial charge in [-0.25, -0.2) is 9.69 Å². The molecule has 6 nitrogen and oxygen atoms in total. The van der Waals surface area contributed by atoms with Crippen LogP contribution in [0.5, 0.6) is 0 Å². The van der Waals surface area contributed by atoms with Crippen LogP contribution in [0.2, 0.25) is 0 Å². The van der Waals surface area contributed by atoms with Gasteiger partial charge >= 0.3 is 5.97 Å². The largest absolute Gasteiger partial charge is 0.462 e. The lowest BCUT2D eigenvalue weighted by Gasteiger charge is -2.49. The third kappa shape index (κ3) is 1.98. The molecule has 6 rings (SSSR count). The first-order valence-electron chi connectivity index (χ1n) is 8.68. The lowest BCUT2D eigenvalue weighted by atomic mass is 9.63. The molecule has 134 valence electrons. The number of carbonyl (C=O) groups excluding carboxylic acids is 3. The van der Waals surface area contributed by atoms with Gasteiger partial charge in [-0.05, 0) is 36.8 Å². The average Bonchev–Trinajstić information content (AvgIpc) is 2.88. The highest BCUT2D eigenvalue weighted by atomic mass is 79.9. The van der Waals surface area contributed by atoms with Crippen molar-refractivity contribution in [2.24, 2.45) is 17.8 Å². The van der Waals surface area contributed by atoms with Crippen LogP contribution in [0.3, 0.4) is 0 Å². The Morgan fingerprint density at radius 2 is 1.73 bits per heavy atom. The Morgan fingerprint density at radius 3 is 2.46 bits per heavy atom. The summed E-state index contributed by atoms with van der Waals surface area (Å²) in [5.74, 6) is -2.27. The number of halogens is 1. The van der Waals surface area contributed by atoms with Crippen LogP contribution in [0.1, 0.15) is 13.3 Å². The van der Waals surface area contributed by atoms with E-state index in [1.54, 1.807) is 24.3 Å². The van der Waals surface area contributed by atoms with Crippen LogP contribution >= 0.6 is 15.9 Å². The molecular formula is C19H16BrNO5. The van der Waals surface area contributed by atoms with E-state index in [0.29, 0.717) is 24.3 Å². The lowest BCUT2D eigenvalue weighted by Crippen LogP contribution is -2.56. The molecule has 0 N–H and O–H groups in total. The summed E-state index contributed by atoms with van der Waals surface area (Å²) in [4.78, 5) is 40.0. The van der Waals surface area contributed by atoms with Gasteiger partial charge in [0.25, 0.3) is 0 Å². The molecule has 4 aliphatic heterocycles. The van der Waals surface area contributed by atoms with Gasteiger partial charge in [0.2, 0.25) is 11.8 Å². The van der Waals surface area contributed by atoms with Gasteiger partial charge in [-0.15, -0.1) is 0 Å². The van der Waals surface area contributed by atoms with Gasteiger partial charge in [-0.1, -0.05) is 15.9 Å². The third-order valence-corrected chi connectivity index (χ3v) is 6.45.